The zero-order chi connectivity index (χ0) is 14.9. The molecule has 1 N–H and O–H groups in total. The van der Waals surface area contributed by atoms with Gasteiger partial charge in [0, 0.05) is 5.38 Å². The van der Waals surface area contributed by atoms with Crippen molar-refractivity contribution in [1.82, 2.24) is 15.0 Å². The number of nitrogens with zero attached hydrogens (tertiary/aromatic N) is 3. The summed E-state index contributed by atoms with van der Waals surface area (Å²) in [5, 5.41) is 9.47. The van der Waals surface area contributed by atoms with Crippen molar-refractivity contribution < 1.29 is 4.42 Å². The monoisotopic (exact) mass is 328 g/mol. The molecule has 0 bridgehead atoms. The minimum Gasteiger partial charge on any atom is -0.462 e. The van der Waals surface area contributed by atoms with E-state index in [4.69, 9.17) is 4.42 Å². The third-order valence-corrected chi connectivity index (χ3v) is 5.18. The summed E-state index contributed by atoms with van der Waals surface area (Å²) in [7, 11) is 0. The lowest BCUT2D eigenvalue weighted by atomic mass is 10.2. The molecule has 7 heteroatoms. The van der Waals surface area contributed by atoms with Gasteiger partial charge in [0.15, 0.2) is 10.8 Å². The highest BCUT2D eigenvalue weighted by Gasteiger charge is 2.10. The van der Waals surface area contributed by atoms with Crippen molar-refractivity contribution in [2.24, 2.45) is 0 Å². The van der Waals surface area contributed by atoms with Crippen LogP contribution in [0.2, 0.25) is 0 Å². The molecular weight excluding hydrogens is 316 g/mol. The molecule has 4 aromatic heterocycles. The topological polar surface area (TPSA) is 63.8 Å². The van der Waals surface area contributed by atoms with Crippen LogP contribution in [0.25, 0.3) is 21.0 Å². The highest BCUT2D eigenvalue weighted by Crippen LogP contribution is 2.29. The first-order valence-electron chi connectivity index (χ1n) is 6.72. The minimum absolute atomic E-state index is 0.624. The van der Waals surface area contributed by atoms with Crippen LogP contribution in [-0.4, -0.2) is 15.0 Å². The Bertz CT molecular complexity index is 911. The van der Waals surface area contributed by atoms with Crippen LogP contribution in [-0.2, 0) is 6.54 Å². The third-order valence-electron chi connectivity index (χ3n) is 3.27. The van der Waals surface area contributed by atoms with Crippen LogP contribution in [0.4, 0.5) is 5.82 Å². The molecule has 22 heavy (non-hydrogen) atoms. The molecule has 0 saturated carbocycles. The van der Waals surface area contributed by atoms with Crippen LogP contribution in [0.15, 0.2) is 39.9 Å². The number of aromatic nitrogens is 3. The summed E-state index contributed by atoms with van der Waals surface area (Å²) in [5.41, 5.74) is 2.16. The summed E-state index contributed by atoms with van der Waals surface area (Å²) in [4.78, 5) is 14.2. The maximum absolute atomic E-state index is 5.37. The summed E-state index contributed by atoms with van der Waals surface area (Å²) >= 11 is 3.21. The van der Waals surface area contributed by atoms with Gasteiger partial charge in [-0.25, -0.2) is 15.0 Å². The number of nitrogens with one attached hydrogen (secondary N) is 1. The molecule has 0 aromatic carbocycles. The Labute approximate surface area is 134 Å². The normalized spacial score (nSPS) is 11.1. The molecule has 0 radical (unpaired) electrons. The number of hydrogen-bond acceptors (Lipinski definition) is 7. The number of fused-ring (bicyclic) bond motifs is 1. The molecule has 0 fully saturated rings. The van der Waals surface area contributed by atoms with Crippen LogP contribution in [0, 0.1) is 6.92 Å². The molecule has 4 rings (SSSR count). The van der Waals surface area contributed by atoms with Crippen molar-refractivity contribution in [2.75, 3.05) is 5.32 Å². The molecule has 4 aromatic rings. The maximum Gasteiger partial charge on any atom is 0.162 e. The SMILES string of the molecule is Cc1csc2ncnc(NCc3csc(-c4ccco4)n3)c12. The summed E-state index contributed by atoms with van der Waals surface area (Å²) in [6.45, 7) is 2.70. The van der Waals surface area contributed by atoms with Crippen molar-refractivity contribution in [3.8, 4) is 10.8 Å². The van der Waals surface area contributed by atoms with E-state index in [0.717, 1.165) is 32.5 Å². The number of thiazole rings is 1. The number of anilines is 1. The van der Waals surface area contributed by atoms with E-state index in [1.165, 1.54) is 5.56 Å². The molecule has 0 spiro atoms. The van der Waals surface area contributed by atoms with E-state index in [9.17, 15) is 0 Å². The van der Waals surface area contributed by atoms with Gasteiger partial charge in [-0.1, -0.05) is 0 Å². The number of furan rings is 1. The van der Waals surface area contributed by atoms with Gasteiger partial charge in [-0.05, 0) is 30.0 Å². The lowest BCUT2D eigenvalue weighted by Crippen LogP contribution is -2.02. The van der Waals surface area contributed by atoms with Crippen LogP contribution in [0.5, 0.6) is 0 Å². The van der Waals surface area contributed by atoms with E-state index in [1.54, 1.807) is 35.3 Å². The fourth-order valence-corrected chi connectivity index (χ4v) is 3.90. The Hall–Kier alpha value is -2.25. The fraction of sp³-hybridized carbons (Fsp3) is 0.133. The molecule has 0 aliphatic carbocycles. The predicted molar refractivity (Wildman–Crippen MR) is 89.3 cm³/mol. The van der Waals surface area contributed by atoms with Crippen LogP contribution in [0.1, 0.15) is 11.3 Å². The Morgan fingerprint density at radius 3 is 3.05 bits per heavy atom. The second-order valence-corrected chi connectivity index (χ2v) is 6.51. The number of rotatable bonds is 4. The molecule has 110 valence electrons. The van der Waals surface area contributed by atoms with E-state index in [2.05, 4.69) is 32.6 Å². The minimum atomic E-state index is 0.624. The summed E-state index contributed by atoms with van der Waals surface area (Å²) in [6, 6.07) is 3.78. The van der Waals surface area contributed by atoms with Crippen LogP contribution >= 0.6 is 22.7 Å². The smallest absolute Gasteiger partial charge is 0.162 e. The predicted octanol–water partition coefficient (Wildman–Crippen LogP) is 4.33. The van der Waals surface area contributed by atoms with Gasteiger partial charge in [-0.3, -0.25) is 0 Å². The molecule has 0 atom stereocenters. The fourth-order valence-electron chi connectivity index (χ4n) is 2.23. The first kappa shape index (κ1) is 13.4. The lowest BCUT2D eigenvalue weighted by Gasteiger charge is -2.05. The van der Waals surface area contributed by atoms with Crippen molar-refractivity contribution >= 4 is 38.7 Å². The first-order valence-corrected chi connectivity index (χ1v) is 8.48. The van der Waals surface area contributed by atoms with Gasteiger partial charge in [0.05, 0.1) is 23.9 Å². The molecule has 0 unspecified atom stereocenters. The molecule has 0 amide bonds. The van der Waals surface area contributed by atoms with Gasteiger partial charge in [-0.15, -0.1) is 22.7 Å². The third kappa shape index (κ3) is 2.38. The maximum atomic E-state index is 5.37. The van der Waals surface area contributed by atoms with Crippen LogP contribution < -0.4 is 5.32 Å². The first-order chi connectivity index (χ1) is 10.8. The summed E-state index contributed by atoms with van der Waals surface area (Å²) in [6.07, 6.45) is 3.25. The number of thiophene rings is 1. The molecule has 4 heterocycles. The molecule has 0 aliphatic heterocycles. The van der Waals surface area contributed by atoms with Gasteiger partial charge >= 0.3 is 0 Å². The Morgan fingerprint density at radius 1 is 1.23 bits per heavy atom. The second kappa shape index (κ2) is 5.51. The van der Waals surface area contributed by atoms with Gasteiger partial charge in [-0.2, -0.15) is 0 Å². The largest absolute Gasteiger partial charge is 0.462 e. The van der Waals surface area contributed by atoms with Gasteiger partial charge in [0.25, 0.3) is 0 Å². The summed E-state index contributed by atoms with van der Waals surface area (Å²) in [5.74, 6) is 1.66. The highest BCUT2D eigenvalue weighted by atomic mass is 32.1. The Balaban J connectivity index is 1.56. The molecule has 0 aliphatic rings. The van der Waals surface area contributed by atoms with E-state index in [0.29, 0.717) is 6.54 Å². The molecule has 0 saturated heterocycles. The number of aryl methyl sites for hydroxylation is 1. The van der Waals surface area contributed by atoms with Crippen molar-refractivity contribution in [1.29, 1.82) is 0 Å². The average molecular weight is 328 g/mol. The van der Waals surface area contributed by atoms with E-state index in [1.807, 2.05) is 17.5 Å². The molecule has 5 nitrogen and oxygen atoms in total. The number of hydrogen-bond donors (Lipinski definition) is 1. The second-order valence-electron chi connectivity index (χ2n) is 4.80. The summed E-state index contributed by atoms with van der Waals surface area (Å²) < 4.78 is 5.37. The quantitative estimate of drug-likeness (QED) is 0.604. The molecular formula is C15H12N4OS2. The van der Waals surface area contributed by atoms with Crippen molar-refractivity contribution in [3.05, 3.63) is 46.7 Å². The standard InChI is InChI=1S/C15H12N4OS2/c1-9-6-21-15-12(9)13(17-8-18-15)16-5-10-7-22-14(19-10)11-3-2-4-20-11/h2-4,6-8H,5H2,1H3,(H,16,17,18). The van der Waals surface area contributed by atoms with Crippen LogP contribution in [0.3, 0.4) is 0 Å². The van der Waals surface area contributed by atoms with Gasteiger partial charge in [0.1, 0.15) is 17.0 Å². The average Bonchev–Trinajstić information content (AvgIpc) is 3.26. The highest BCUT2D eigenvalue weighted by molar-refractivity contribution is 7.17. The van der Waals surface area contributed by atoms with E-state index < -0.39 is 0 Å². The lowest BCUT2D eigenvalue weighted by molar-refractivity contribution is 0.581. The van der Waals surface area contributed by atoms with Crippen molar-refractivity contribution in [3.63, 3.8) is 0 Å². The zero-order valence-electron chi connectivity index (χ0n) is 11.7. The van der Waals surface area contributed by atoms with Gasteiger partial charge in [0.2, 0.25) is 0 Å². The van der Waals surface area contributed by atoms with E-state index >= 15 is 0 Å². The van der Waals surface area contributed by atoms with E-state index in [-0.39, 0.29) is 0 Å². The zero-order valence-corrected chi connectivity index (χ0v) is 13.4. The Morgan fingerprint density at radius 2 is 2.18 bits per heavy atom. The van der Waals surface area contributed by atoms with Crippen molar-refractivity contribution in [2.45, 2.75) is 13.5 Å². The Kier molecular flexibility index (Phi) is 3.36. The van der Waals surface area contributed by atoms with Gasteiger partial charge < -0.3 is 9.73 Å².